The third-order valence-corrected chi connectivity index (χ3v) is 6.64. The summed E-state index contributed by atoms with van der Waals surface area (Å²) in [6.45, 7) is 0.0223. The number of nitrogens with one attached hydrogen (secondary N) is 1. The van der Waals surface area contributed by atoms with E-state index in [4.69, 9.17) is 4.74 Å². The molecule has 0 radical (unpaired) electrons. The zero-order valence-electron chi connectivity index (χ0n) is 20.3. The molecule has 0 aliphatic carbocycles. The van der Waals surface area contributed by atoms with Gasteiger partial charge in [-0.25, -0.2) is 14.2 Å². The van der Waals surface area contributed by atoms with Crippen LogP contribution >= 0.6 is 0 Å². The van der Waals surface area contributed by atoms with Crippen LogP contribution in [0.25, 0.3) is 0 Å². The molecule has 3 aromatic rings. The minimum atomic E-state index is -1.36. The van der Waals surface area contributed by atoms with Crippen LogP contribution in [0.1, 0.15) is 33.9 Å². The second kappa shape index (κ2) is 10.4. The molecule has 0 bridgehead atoms. The highest BCUT2D eigenvalue weighted by atomic mass is 19.1. The maximum absolute atomic E-state index is 13.2. The first-order valence-corrected chi connectivity index (χ1v) is 11.6. The van der Waals surface area contributed by atoms with Crippen molar-refractivity contribution in [3.8, 4) is 5.75 Å². The summed E-state index contributed by atoms with van der Waals surface area (Å²) in [6, 6.07) is 14.6. The van der Waals surface area contributed by atoms with Crippen molar-refractivity contribution in [1.82, 2.24) is 19.8 Å². The van der Waals surface area contributed by atoms with Crippen molar-refractivity contribution in [1.29, 1.82) is 0 Å². The van der Waals surface area contributed by atoms with Crippen molar-refractivity contribution in [3.63, 3.8) is 0 Å². The number of benzene rings is 2. The predicted octanol–water partition coefficient (Wildman–Crippen LogP) is 2.39. The molecule has 1 fully saturated rings. The van der Waals surface area contributed by atoms with Crippen LogP contribution in [-0.2, 0) is 30.3 Å². The molecule has 1 saturated heterocycles. The lowest BCUT2D eigenvalue weighted by atomic mass is 9.86. The number of methoxy groups -OCH3 is 1. The summed E-state index contributed by atoms with van der Waals surface area (Å²) in [5.41, 5.74) is -1.40. The van der Waals surface area contributed by atoms with Gasteiger partial charge in [0.1, 0.15) is 17.2 Å². The molecule has 11 heteroatoms. The highest BCUT2D eigenvalue weighted by Crippen LogP contribution is 2.42. The number of aromatic hydroxyl groups is 1. The fourth-order valence-corrected chi connectivity index (χ4v) is 4.77. The smallest absolute Gasteiger partial charge is 0.408 e. The molecule has 1 aromatic heterocycles. The van der Waals surface area contributed by atoms with Crippen LogP contribution < -0.4 is 10.9 Å². The summed E-state index contributed by atoms with van der Waals surface area (Å²) in [5.74, 6) is -2.11. The Balaban J connectivity index is 1.80. The van der Waals surface area contributed by atoms with Crippen LogP contribution in [0.3, 0.4) is 0 Å². The first kappa shape index (κ1) is 25.8. The van der Waals surface area contributed by atoms with Gasteiger partial charge in [-0.15, -0.1) is 0 Å². The molecule has 0 saturated carbocycles. The number of halogens is 1. The fourth-order valence-electron chi connectivity index (χ4n) is 4.77. The normalized spacial score (nSPS) is 19.1. The van der Waals surface area contributed by atoms with Crippen LogP contribution in [0, 0.1) is 5.82 Å². The van der Waals surface area contributed by atoms with Gasteiger partial charge in [-0.2, -0.15) is 0 Å². The molecule has 2 heterocycles. The molecule has 37 heavy (non-hydrogen) atoms. The van der Waals surface area contributed by atoms with E-state index in [1.807, 2.05) is 30.3 Å². The van der Waals surface area contributed by atoms with E-state index in [2.05, 4.69) is 10.3 Å². The monoisotopic (exact) mass is 510 g/mol. The largest absolute Gasteiger partial charge is 0.501 e. The lowest BCUT2D eigenvalue weighted by molar-refractivity contribution is 0.0900. The van der Waals surface area contributed by atoms with Gasteiger partial charge in [0, 0.05) is 33.5 Å². The number of carboxylic acid groups (broad SMARTS) is 1. The highest BCUT2D eigenvalue weighted by Gasteiger charge is 2.52. The number of hydrogen-bond acceptors (Lipinski definition) is 6. The Labute approximate surface area is 212 Å². The Kier molecular flexibility index (Phi) is 7.25. The van der Waals surface area contributed by atoms with Gasteiger partial charge in [0.05, 0.1) is 12.6 Å². The topological polar surface area (TPSA) is 134 Å². The quantitative estimate of drug-likeness (QED) is 0.444. The number of carbonyl (C=O) groups is 2. The Morgan fingerprint density at radius 1 is 1.16 bits per heavy atom. The molecule has 4 rings (SSSR count). The van der Waals surface area contributed by atoms with E-state index in [9.17, 15) is 29.0 Å². The molecule has 10 nitrogen and oxygen atoms in total. The standard InChI is InChI=1S/C26H27FN4O6/c1-30-23(34)21(32)20(22(33)28-14-17-8-10-18(27)11-9-17)29-24(30)26(12-16-6-4-3-5-7-16)13-19(37-2)15-31(26)25(35)36/h3-11,19,32H,12-15H2,1-2H3,(H,28,33)(H,35,36)/t19-,26+/m1/s1. The number of likely N-dealkylation sites (tertiary alicyclic amines) is 1. The number of hydrogen-bond donors (Lipinski definition) is 3. The number of amides is 2. The maximum Gasteiger partial charge on any atom is 0.408 e. The van der Waals surface area contributed by atoms with Gasteiger partial charge in [0.15, 0.2) is 5.69 Å². The van der Waals surface area contributed by atoms with Gasteiger partial charge >= 0.3 is 6.09 Å². The zero-order chi connectivity index (χ0) is 26.7. The first-order chi connectivity index (χ1) is 17.7. The molecule has 1 aliphatic heterocycles. The molecule has 2 amide bonds. The SMILES string of the molecule is CO[C@H]1CN(C(=O)O)[C@](Cc2ccccc2)(c2nc(C(=O)NCc3ccc(F)cc3)c(O)c(=O)n2C)C1. The summed E-state index contributed by atoms with van der Waals surface area (Å²) < 4.78 is 19.8. The summed E-state index contributed by atoms with van der Waals surface area (Å²) >= 11 is 0. The third-order valence-electron chi connectivity index (χ3n) is 6.64. The molecule has 194 valence electrons. The number of rotatable bonds is 7. The molecule has 2 atom stereocenters. The molecular weight excluding hydrogens is 483 g/mol. The fraction of sp³-hybridized carbons (Fsp3) is 0.308. The summed E-state index contributed by atoms with van der Waals surface area (Å²) in [4.78, 5) is 44.1. The third kappa shape index (κ3) is 5.03. The Bertz CT molecular complexity index is 1360. The van der Waals surface area contributed by atoms with E-state index in [1.165, 1.54) is 43.3 Å². The van der Waals surface area contributed by atoms with Crippen LogP contribution in [0.5, 0.6) is 5.75 Å². The van der Waals surface area contributed by atoms with Gasteiger partial charge in [-0.3, -0.25) is 19.1 Å². The van der Waals surface area contributed by atoms with Gasteiger partial charge in [0.25, 0.3) is 11.5 Å². The van der Waals surface area contributed by atoms with Crippen molar-refractivity contribution >= 4 is 12.0 Å². The average molecular weight is 511 g/mol. The highest BCUT2D eigenvalue weighted by molar-refractivity contribution is 5.94. The van der Waals surface area contributed by atoms with Crippen LogP contribution in [0.2, 0.25) is 0 Å². The van der Waals surface area contributed by atoms with Crippen molar-refractivity contribution in [2.45, 2.75) is 31.0 Å². The molecule has 0 spiro atoms. The second-order valence-corrected chi connectivity index (χ2v) is 8.95. The van der Waals surface area contributed by atoms with Gasteiger partial charge in [-0.1, -0.05) is 42.5 Å². The molecule has 1 aliphatic rings. The maximum atomic E-state index is 13.2. The minimum absolute atomic E-state index is 0.00701. The Morgan fingerprint density at radius 3 is 2.46 bits per heavy atom. The average Bonchev–Trinajstić information content (AvgIpc) is 3.27. The minimum Gasteiger partial charge on any atom is -0.501 e. The molecule has 2 aromatic carbocycles. The van der Waals surface area contributed by atoms with E-state index < -0.39 is 46.5 Å². The summed E-state index contributed by atoms with van der Waals surface area (Å²) in [6.07, 6.45) is -1.39. The lowest BCUT2D eigenvalue weighted by Crippen LogP contribution is -2.50. The van der Waals surface area contributed by atoms with Gasteiger partial charge in [-0.05, 0) is 23.3 Å². The second-order valence-electron chi connectivity index (χ2n) is 8.95. The Hall–Kier alpha value is -4.25. The molecule has 3 N–H and O–H groups in total. The van der Waals surface area contributed by atoms with E-state index in [-0.39, 0.29) is 31.8 Å². The number of ether oxygens (including phenoxy) is 1. The number of carbonyl (C=O) groups excluding carboxylic acids is 1. The molecule has 0 unspecified atom stereocenters. The van der Waals surface area contributed by atoms with Crippen LogP contribution in [-0.4, -0.2) is 56.4 Å². The van der Waals surface area contributed by atoms with E-state index in [1.54, 1.807) is 0 Å². The number of aromatic nitrogens is 2. The van der Waals surface area contributed by atoms with Gasteiger partial charge < -0.3 is 20.3 Å². The lowest BCUT2D eigenvalue weighted by Gasteiger charge is -2.37. The van der Waals surface area contributed by atoms with Gasteiger partial charge in [0.2, 0.25) is 5.75 Å². The summed E-state index contributed by atoms with van der Waals surface area (Å²) in [7, 11) is 2.85. The summed E-state index contributed by atoms with van der Waals surface area (Å²) in [5, 5.41) is 23.2. The number of nitrogens with zero attached hydrogens (tertiary/aromatic N) is 3. The van der Waals surface area contributed by atoms with Crippen molar-refractivity contribution < 1.29 is 28.9 Å². The van der Waals surface area contributed by atoms with E-state index >= 15 is 0 Å². The molecular formula is C26H27FN4O6. The predicted molar refractivity (Wildman–Crippen MR) is 131 cm³/mol. The van der Waals surface area contributed by atoms with Crippen molar-refractivity contribution in [2.75, 3.05) is 13.7 Å². The van der Waals surface area contributed by atoms with Crippen LogP contribution in [0.4, 0.5) is 9.18 Å². The van der Waals surface area contributed by atoms with E-state index in [0.29, 0.717) is 5.56 Å². The first-order valence-electron chi connectivity index (χ1n) is 11.6. The Morgan fingerprint density at radius 2 is 1.84 bits per heavy atom. The van der Waals surface area contributed by atoms with Crippen molar-refractivity contribution in [3.05, 3.63) is 93.4 Å². The van der Waals surface area contributed by atoms with Crippen LogP contribution in [0.15, 0.2) is 59.4 Å². The zero-order valence-corrected chi connectivity index (χ0v) is 20.3. The van der Waals surface area contributed by atoms with E-state index in [0.717, 1.165) is 10.1 Å². The van der Waals surface area contributed by atoms with Crippen molar-refractivity contribution in [2.24, 2.45) is 7.05 Å².